The molecular weight excluding hydrogens is 418 g/mol. The van der Waals surface area contributed by atoms with E-state index in [9.17, 15) is 14.4 Å². The van der Waals surface area contributed by atoms with Crippen LogP contribution in [0.5, 0.6) is 0 Å². The van der Waals surface area contributed by atoms with Crippen LogP contribution in [0.3, 0.4) is 0 Å². The largest absolute Gasteiger partial charge is 0.444 e. The maximum absolute atomic E-state index is 13.7. The van der Waals surface area contributed by atoms with Crippen LogP contribution < -0.4 is 10.6 Å². The SMILES string of the molecule is CCC(C)C(NC(=O)OC(C)(C)C)C(=O)N(C)C(C(=O)NC(C)(C)C)c1cc(C)cc(C)c1. The molecule has 3 amide bonds. The average Bonchev–Trinajstić information content (AvgIpc) is 2.61. The van der Waals surface area contributed by atoms with Gasteiger partial charge in [0.1, 0.15) is 17.7 Å². The number of alkyl carbamates (subject to hydrolysis) is 1. The Kier molecular flexibility index (Phi) is 9.52. The molecule has 3 atom stereocenters. The van der Waals surface area contributed by atoms with E-state index in [0.717, 1.165) is 16.7 Å². The molecule has 1 rings (SSSR count). The van der Waals surface area contributed by atoms with Crippen LogP contribution in [0.2, 0.25) is 0 Å². The van der Waals surface area contributed by atoms with E-state index in [1.54, 1.807) is 27.8 Å². The first-order valence-electron chi connectivity index (χ1n) is 11.6. The first-order valence-corrected chi connectivity index (χ1v) is 11.6. The summed E-state index contributed by atoms with van der Waals surface area (Å²) in [6.07, 6.45) is 0.0132. The molecule has 1 aromatic rings. The molecule has 0 radical (unpaired) electrons. The Morgan fingerprint density at radius 3 is 1.94 bits per heavy atom. The predicted molar refractivity (Wildman–Crippen MR) is 132 cm³/mol. The number of hydrogen-bond acceptors (Lipinski definition) is 4. The number of aryl methyl sites for hydroxylation is 2. The highest BCUT2D eigenvalue weighted by molar-refractivity contribution is 5.92. The lowest BCUT2D eigenvalue weighted by Gasteiger charge is -2.35. The first-order chi connectivity index (χ1) is 14.9. The Labute approximate surface area is 199 Å². The fourth-order valence-electron chi connectivity index (χ4n) is 3.62. The van der Waals surface area contributed by atoms with Crippen LogP contribution >= 0.6 is 0 Å². The molecule has 2 N–H and O–H groups in total. The normalized spacial score (nSPS) is 14.6. The molecule has 0 aliphatic carbocycles. The van der Waals surface area contributed by atoms with Crippen molar-refractivity contribution in [1.82, 2.24) is 15.5 Å². The number of carbonyl (C=O) groups is 3. The third kappa shape index (κ3) is 9.06. The van der Waals surface area contributed by atoms with Gasteiger partial charge in [0, 0.05) is 12.6 Å². The Hall–Kier alpha value is -2.57. The topological polar surface area (TPSA) is 87.7 Å². The summed E-state index contributed by atoms with van der Waals surface area (Å²) in [5.41, 5.74) is 1.58. The number of ether oxygens (including phenoxy) is 1. The molecule has 0 saturated carbocycles. The lowest BCUT2D eigenvalue weighted by Crippen LogP contribution is -2.55. The maximum atomic E-state index is 13.7. The molecule has 0 spiro atoms. The van der Waals surface area contributed by atoms with Gasteiger partial charge < -0.3 is 20.3 Å². The van der Waals surface area contributed by atoms with Gasteiger partial charge in [-0.1, -0.05) is 49.6 Å². The summed E-state index contributed by atoms with van der Waals surface area (Å²) in [5.74, 6) is -0.773. The van der Waals surface area contributed by atoms with Gasteiger partial charge in [-0.05, 0) is 66.9 Å². The molecule has 7 heteroatoms. The summed E-state index contributed by atoms with van der Waals surface area (Å²) in [7, 11) is 1.61. The number of nitrogens with zero attached hydrogens (tertiary/aromatic N) is 1. The van der Waals surface area contributed by atoms with Gasteiger partial charge in [-0.3, -0.25) is 9.59 Å². The van der Waals surface area contributed by atoms with Gasteiger partial charge in [-0.2, -0.15) is 0 Å². The number of benzene rings is 1. The predicted octanol–water partition coefficient (Wildman–Crippen LogP) is 4.66. The molecule has 0 saturated heterocycles. The lowest BCUT2D eigenvalue weighted by atomic mass is 9.94. The summed E-state index contributed by atoms with van der Waals surface area (Å²) in [4.78, 5) is 41.0. The van der Waals surface area contributed by atoms with Crippen LogP contribution in [0.15, 0.2) is 18.2 Å². The third-order valence-corrected chi connectivity index (χ3v) is 5.19. The van der Waals surface area contributed by atoms with Crippen LogP contribution in [0.4, 0.5) is 4.79 Å². The van der Waals surface area contributed by atoms with E-state index in [4.69, 9.17) is 4.74 Å². The summed E-state index contributed by atoms with van der Waals surface area (Å²) in [5, 5.41) is 5.74. The minimum atomic E-state index is -0.845. The molecule has 186 valence electrons. The molecule has 7 nitrogen and oxygen atoms in total. The Morgan fingerprint density at radius 2 is 1.52 bits per heavy atom. The van der Waals surface area contributed by atoms with Crippen molar-refractivity contribution in [2.45, 2.75) is 98.9 Å². The number of hydrogen-bond donors (Lipinski definition) is 2. The first kappa shape index (κ1) is 28.5. The highest BCUT2D eigenvalue weighted by Crippen LogP contribution is 2.25. The van der Waals surface area contributed by atoms with Crippen LogP contribution in [0, 0.1) is 19.8 Å². The summed E-state index contributed by atoms with van der Waals surface area (Å²) in [6, 6.07) is 4.19. The second kappa shape index (κ2) is 11.0. The Bertz CT molecular complexity index is 832. The van der Waals surface area contributed by atoms with Crippen molar-refractivity contribution in [3.05, 3.63) is 34.9 Å². The van der Waals surface area contributed by atoms with Crippen molar-refractivity contribution in [1.29, 1.82) is 0 Å². The second-order valence-electron chi connectivity index (χ2n) is 11.0. The van der Waals surface area contributed by atoms with Gasteiger partial charge in [-0.25, -0.2) is 4.79 Å². The molecule has 0 aliphatic rings. The van der Waals surface area contributed by atoms with Crippen LogP contribution in [0.25, 0.3) is 0 Å². The molecule has 0 heterocycles. The minimum absolute atomic E-state index is 0.155. The van der Waals surface area contributed by atoms with Crippen molar-refractivity contribution in [3.63, 3.8) is 0 Å². The number of rotatable bonds is 7. The summed E-state index contributed by atoms with van der Waals surface area (Å²) >= 11 is 0. The minimum Gasteiger partial charge on any atom is -0.444 e. The van der Waals surface area contributed by atoms with Crippen LogP contribution in [-0.2, 0) is 14.3 Å². The van der Waals surface area contributed by atoms with E-state index < -0.39 is 29.3 Å². The number of amides is 3. The van der Waals surface area contributed by atoms with Crippen LogP contribution in [-0.4, -0.2) is 47.0 Å². The molecule has 1 aromatic carbocycles. The zero-order valence-corrected chi connectivity index (χ0v) is 22.3. The Morgan fingerprint density at radius 1 is 1.00 bits per heavy atom. The zero-order chi connectivity index (χ0) is 25.7. The van der Waals surface area contributed by atoms with Crippen molar-refractivity contribution in [2.75, 3.05) is 7.05 Å². The van der Waals surface area contributed by atoms with E-state index in [-0.39, 0.29) is 17.7 Å². The molecule has 0 bridgehead atoms. The quantitative estimate of drug-likeness (QED) is 0.618. The van der Waals surface area contributed by atoms with Gasteiger partial charge in [0.15, 0.2) is 0 Å². The summed E-state index contributed by atoms with van der Waals surface area (Å²) < 4.78 is 5.38. The monoisotopic (exact) mass is 461 g/mol. The van der Waals surface area contributed by atoms with Gasteiger partial charge in [0.05, 0.1) is 0 Å². The van der Waals surface area contributed by atoms with E-state index in [1.165, 1.54) is 4.90 Å². The number of nitrogens with one attached hydrogen (secondary N) is 2. The molecule has 33 heavy (non-hydrogen) atoms. The molecular formula is C26H43N3O4. The van der Waals surface area contributed by atoms with Crippen molar-refractivity contribution in [2.24, 2.45) is 5.92 Å². The molecule has 0 aliphatic heterocycles. The molecule has 0 aromatic heterocycles. The fourth-order valence-corrected chi connectivity index (χ4v) is 3.62. The fraction of sp³-hybridized carbons (Fsp3) is 0.654. The van der Waals surface area contributed by atoms with E-state index in [2.05, 4.69) is 10.6 Å². The van der Waals surface area contributed by atoms with Gasteiger partial charge in [0.25, 0.3) is 0 Å². The average molecular weight is 462 g/mol. The highest BCUT2D eigenvalue weighted by Gasteiger charge is 2.37. The lowest BCUT2D eigenvalue weighted by molar-refractivity contribution is -0.142. The van der Waals surface area contributed by atoms with E-state index in [0.29, 0.717) is 6.42 Å². The summed E-state index contributed by atoms with van der Waals surface area (Å²) in [6.45, 7) is 18.8. The van der Waals surface area contributed by atoms with Crippen LogP contribution in [0.1, 0.15) is 84.5 Å². The molecule has 3 unspecified atom stereocenters. The van der Waals surface area contributed by atoms with Crippen molar-refractivity contribution in [3.8, 4) is 0 Å². The van der Waals surface area contributed by atoms with Crippen molar-refractivity contribution >= 4 is 17.9 Å². The Balaban J connectivity index is 3.38. The van der Waals surface area contributed by atoms with E-state index >= 15 is 0 Å². The van der Waals surface area contributed by atoms with Gasteiger partial charge in [0.2, 0.25) is 11.8 Å². The van der Waals surface area contributed by atoms with Gasteiger partial charge >= 0.3 is 6.09 Å². The maximum Gasteiger partial charge on any atom is 0.408 e. The molecule has 0 fully saturated rings. The van der Waals surface area contributed by atoms with E-state index in [1.807, 2.05) is 66.7 Å². The number of likely N-dealkylation sites (N-methyl/N-ethyl adjacent to an activating group) is 1. The zero-order valence-electron chi connectivity index (χ0n) is 22.3. The third-order valence-electron chi connectivity index (χ3n) is 5.19. The van der Waals surface area contributed by atoms with Gasteiger partial charge in [-0.15, -0.1) is 0 Å². The van der Waals surface area contributed by atoms with Crippen molar-refractivity contribution < 1.29 is 19.1 Å². The second-order valence-corrected chi connectivity index (χ2v) is 11.0. The standard InChI is InChI=1S/C26H43N3O4/c1-12-18(4)20(27-24(32)33-26(8,9)10)23(31)29(11)21(22(30)28-25(5,6)7)19-14-16(2)13-17(3)15-19/h13-15,18,20-21H,12H2,1-11H3,(H,27,32)(H,28,30). The number of carbonyl (C=O) groups excluding carboxylic acids is 3. The highest BCUT2D eigenvalue weighted by atomic mass is 16.6. The smallest absolute Gasteiger partial charge is 0.408 e.